The SMILES string of the molecule is CC(NC(=O)C(C)C(C)(C)NP)C(O)CN(C)S(C)(=O)=O. The van der Waals surface area contributed by atoms with Crippen molar-refractivity contribution in [3.8, 4) is 0 Å². The molecule has 0 aliphatic rings. The summed E-state index contributed by atoms with van der Waals surface area (Å²) in [7, 11) is 0.414. The number of carbonyl (C=O) groups excluding carboxylic acids is 1. The number of likely N-dealkylation sites (N-methyl/N-ethyl adjacent to an activating group) is 1. The van der Waals surface area contributed by atoms with Crippen molar-refractivity contribution >= 4 is 25.3 Å². The normalized spacial score (nSPS) is 17.4. The smallest absolute Gasteiger partial charge is 0.224 e. The van der Waals surface area contributed by atoms with Gasteiger partial charge in [-0.25, -0.2) is 12.7 Å². The molecular formula is C12H28N3O4PS. The van der Waals surface area contributed by atoms with Crippen molar-refractivity contribution in [2.45, 2.75) is 45.4 Å². The zero-order valence-corrected chi connectivity index (χ0v) is 15.5. The maximum atomic E-state index is 12.1. The predicted molar refractivity (Wildman–Crippen MR) is 87.2 cm³/mol. The number of hydrogen-bond acceptors (Lipinski definition) is 5. The first-order chi connectivity index (χ1) is 9.32. The van der Waals surface area contributed by atoms with Crippen molar-refractivity contribution < 1.29 is 18.3 Å². The molecule has 21 heavy (non-hydrogen) atoms. The minimum Gasteiger partial charge on any atom is -0.390 e. The predicted octanol–water partition coefficient (Wildman–Crippen LogP) is -0.462. The number of carbonyl (C=O) groups is 1. The van der Waals surface area contributed by atoms with Crippen molar-refractivity contribution in [2.75, 3.05) is 19.8 Å². The molecule has 9 heteroatoms. The first-order valence-electron chi connectivity index (χ1n) is 6.70. The van der Waals surface area contributed by atoms with Crippen LogP contribution in [0.2, 0.25) is 0 Å². The number of amides is 1. The van der Waals surface area contributed by atoms with E-state index in [4.69, 9.17) is 0 Å². The van der Waals surface area contributed by atoms with E-state index in [9.17, 15) is 18.3 Å². The maximum absolute atomic E-state index is 12.1. The van der Waals surface area contributed by atoms with Gasteiger partial charge in [0.25, 0.3) is 0 Å². The van der Waals surface area contributed by atoms with Crippen LogP contribution in [0.25, 0.3) is 0 Å². The van der Waals surface area contributed by atoms with Crippen LogP contribution >= 0.6 is 9.39 Å². The second-order valence-corrected chi connectivity index (χ2v) is 8.37. The first kappa shape index (κ1) is 20.7. The van der Waals surface area contributed by atoms with Gasteiger partial charge in [-0.05, 0) is 20.8 Å². The van der Waals surface area contributed by atoms with Crippen LogP contribution in [0, 0.1) is 5.92 Å². The highest BCUT2D eigenvalue weighted by Crippen LogP contribution is 2.18. The maximum Gasteiger partial charge on any atom is 0.224 e. The third-order valence-electron chi connectivity index (χ3n) is 3.81. The number of rotatable bonds is 8. The molecule has 0 aliphatic heterocycles. The van der Waals surface area contributed by atoms with Crippen LogP contribution in [0.3, 0.4) is 0 Å². The van der Waals surface area contributed by atoms with E-state index >= 15 is 0 Å². The van der Waals surface area contributed by atoms with Gasteiger partial charge < -0.3 is 10.4 Å². The summed E-state index contributed by atoms with van der Waals surface area (Å²) >= 11 is 0. The molecule has 0 heterocycles. The van der Waals surface area contributed by atoms with Crippen molar-refractivity contribution in [3.63, 3.8) is 0 Å². The van der Waals surface area contributed by atoms with Crippen LogP contribution in [0.1, 0.15) is 27.7 Å². The van der Waals surface area contributed by atoms with Crippen LogP contribution in [-0.4, -0.2) is 61.3 Å². The molecule has 0 aromatic heterocycles. The molecule has 0 spiro atoms. The Hall–Kier alpha value is -0.270. The Kier molecular flexibility index (Phi) is 7.73. The number of aliphatic hydroxyl groups is 1. The highest BCUT2D eigenvalue weighted by Gasteiger charge is 2.31. The quantitative estimate of drug-likeness (QED) is 0.519. The van der Waals surface area contributed by atoms with Gasteiger partial charge in [0.2, 0.25) is 15.9 Å². The van der Waals surface area contributed by atoms with E-state index in [1.54, 1.807) is 13.8 Å². The van der Waals surface area contributed by atoms with E-state index in [-0.39, 0.29) is 18.4 Å². The fraction of sp³-hybridized carbons (Fsp3) is 0.917. The van der Waals surface area contributed by atoms with Crippen molar-refractivity contribution in [3.05, 3.63) is 0 Å². The molecule has 4 unspecified atom stereocenters. The van der Waals surface area contributed by atoms with Gasteiger partial charge in [-0.15, -0.1) is 0 Å². The topological polar surface area (TPSA) is 98.7 Å². The summed E-state index contributed by atoms with van der Waals surface area (Å²) < 4.78 is 23.7. The Labute approximate surface area is 130 Å². The Morgan fingerprint density at radius 2 is 1.86 bits per heavy atom. The average molecular weight is 341 g/mol. The molecule has 0 radical (unpaired) electrons. The van der Waals surface area contributed by atoms with Gasteiger partial charge in [-0.1, -0.05) is 16.3 Å². The summed E-state index contributed by atoms with van der Waals surface area (Å²) in [5, 5.41) is 15.7. The molecule has 0 aromatic carbocycles. The summed E-state index contributed by atoms with van der Waals surface area (Å²) in [4.78, 5) is 12.1. The number of aliphatic hydroxyl groups excluding tert-OH is 1. The molecule has 0 fully saturated rings. The molecule has 126 valence electrons. The highest BCUT2D eigenvalue weighted by molar-refractivity contribution is 7.88. The summed E-state index contributed by atoms with van der Waals surface area (Å²) in [5.41, 5.74) is -0.414. The van der Waals surface area contributed by atoms with Crippen molar-refractivity contribution in [2.24, 2.45) is 5.92 Å². The van der Waals surface area contributed by atoms with Gasteiger partial charge in [-0.3, -0.25) is 9.88 Å². The Bertz CT molecular complexity index is 455. The van der Waals surface area contributed by atoms with E-state index in [0.717, 1.165) is 10.6 Å². The van der Waals surface area contributed by atoms with Gasteiger partial charge >= 0.3 is 0 Å². The molecule has 4 atom stereocenters. The lowest BCUT2D eigenvalue weighted by Crippen LogP contribution is -2.53. The van der Waals surface area contributed by atoms with Gasteiger partial charge in [-0.2, -0.15) is 0 Å². The number of hydrogen-bond donors (Lipinski definition) is 3. The van der Waals surface area contributed by atoms with Gasteiger partial charge in [0.15, 0.2) is 0 Å². The van der Waals surface area contributed by atoms with Crippen LogP contribution in [-0.2, 0) is 14.8 Å². The Balaban J connectivity index is 4.62. The standard InChI is InChI=1S/C12H28N3O4PS/c1-8(12(3,4)14-20)11(17)13-9(2)10(16)7-15(5)21(6,18)19/h8-10,14,16H,7,20H2,1-6H3,(H,13,17). The van der Waals surface area contributed by atoms with Gasteiger partial charge in [0.1, 0.15) is 0 Å². The summed E-state index contributed by atoms with van der Waals surface area (Å²) in [6.07, 6.45) is 0.0889. The highest BCUT2D eigenvalue weighted by atomic mass is 32.2. The number of nitrogens with zero attached hydrogens (tertiary/aromatic N) is 1. The zero-order chi connectivity index (χ0) is 17.0. The molecule has 7 nitrogen and oxygen atoms in total. The van der Waals surface area contributed by atoms with Gasteiger partial charge in [0, 0.05) is 19.1 Å². The largest absolute Gasteiger partial charge is 0.390 e. The molecule has 0 bridgehead atoms. The fourth-order valence-corrected chi connectivity index (χ4v) is 2.13. The zero-order valence-electron chi connectivity index (χ0n) is 13.5. The molecule has 0 rings (SSSR count). The van der Waals surface area contributed by atoms with Crippen molar-refractivity contribution in [1.29, 1.82) is 0 Å². The first-order valence-corrected chi connectivity index (χ1v) is 9.13. The van der Waals surface area contributed by atoms with E-state index < -0.39 is 27.7 Å². The molecule has 3 N–H and O–H groups in total. The minimum absolute atomic E-state index is 0.0695. The molecule has 0 aliphatic carbocycles. The van der Waals surface area contributed by atoms with E-state index in [1.807, 2.05) is 13.8 Å². The minimum atomic E-state index is -3.36. The lowest BCUT2D eigenvalue weighted by molar-refractivity contribution is -0.127. The lowest BCUT2D eigenvalue weighted by atomic mass is 9.89. The van der Waals surface area contributed by atoms with Crippen LogP contribution < -0.4 is 10.4 Å². The average Bonchev–Trinajstić information content (AvgIpc) is 2.36. The third kappa shape index (κ3) is 6.57. The summed E-state index contributed by atoms with van der Waals surface area (Å²) in [5.74, 6) is -0.527. The molecule has 0 saturated carbocycles. The van der Waals surface area contributed by atoms with Gasteiger partial charge in [0.05, 0.1) is 24.3 Å². The number of nitrogens with one attached hydrogen (secondary N) is 2. The van der Waals surface area contributed by atoms with E-state index in [0.29, 0.717) is 0 Å². The van der Waals surface area contributed by atoms with E-state index in [1.165, 1.54) is 7.05 Å². The summed E-state index contributed by atoms with van der Waals surface area (Å²) in [6.45, 7) is 7.14. The van der Waals surface area contributed by atoms with E-state index in [2.05, 4.69) is 19.8 Å². The lowest BCUT2D eigenvalue weighted by Gasteiger charge is -2.32. The third-order valence-corrected chi connectivity index (χ3v) is 5.83. The molecule has 0 aromatic rings. The van der Waals surface area contributed by atoms with Crippen LogP contribution in [0.15, 0.2) is 0 Å². The molecular weight excluding hydrogens is 313 g/mol. The molecule has 0 saturated heterocycles. The van der Waals surface area contributed by atoms with Crippen molar-refractivity contribution in [1.82, 2.24) is 14.7 Å². The second kappa shape index (κ2) is 7.83. The fourth-order valence-electron chi connectivity index (χ4n) is 1.46. The van der Waals surface area contributed by atoms with Crippen LogP contribution in [0.4, 0.5) is 0 Å². The number of sulfonamides is 1. The monoisotopic (exact) mass is 341 g/mol. The second-order valence-electron chi connectivity index (χ2n) is 6.00. The van der Waals surface area contributed by atoms with Crippen LogP contribution in [0.5, 0.6) is 0 Å². The Morgan fingerprint density at radius 3 is 2.24 bits per heavy atom. The molecule has 1 amide bonds. The Morgan fingerprint density at radius 1 is 1.38 bits per heavy atom. The summed E-state index contributed by atoms with van der Waals surface area (Å²) in [6, 6.07) is -0.551.